The first-order valence-corrected chi connectivity index (χ1v) is 10.5. The first-order valence-electron chi connectivity index (χ1n) is 10.5. The Hall–Kier alpha value is -2.10. The predicted molar refractivity (Wildman–Crippen MR) is 114 cm³/mol. The standard InChI is InChI=1S/C24H35NO3/c1-7-9-13-25-20-17(10-8-2)21(26)23(28)19(22(20)27)18-14-16(5)11-12-24(18,6)15(3)4/h14,18,25,27H,3,7-13H2,1-2,4-6H3/t18-,24?/m0/s1. The van der Waals surface area contributed by atoms with Gasteiger partial charge in [0.2, 0.25) is 11.6 Å². The Morgan fingerprint density at radius 1 is 1.29 bits per heavy atom. The second-order valence-corrected chi connectivity index (χ2v) is 8.49. The molecule has 0 aromatic carbocycles. The van der Waals surface area contributed by atoms with Crippen LogP contribution in [0, 0.1) is 11.3 Å². The minimum absolute atomic E-state index is 0.0485. The van der Waals surface area contributed by atoms with Crippen molar-refractivity contribution in [1.82, 2.24) is 5.32 Å². The number of nitrogens with one attached hydrogen (secondary N) is 1. The van der Waals surface area contributed by atoms with Gasteiger partial charge < -0.3 is 10.4 Å². The number of aliphatic hydroxyl groups excluding tert-OH is 1. The van der Waals surface area contributed by atoms with E-state index in [1.54, 1.807) is 0 Å². The van der Waals surface area contributed by atoms with Crippen molar-refractivity contribution >= 4 is 11.6 Å². The van der Waals surface area contributed by atoms with E-state index in [-0.39, 0.29) is 22.7 Å². The summed E-state index contributed by atoms with van der Waals surface area (Å²) < 4.78 is 0. The second-order valence-electron chi connectivity index (χ2n) is 8.49. The Balaban J connectivity index is 2.65. The average molecular weight is 386 g/mol. The highest BCUT2D eigenvalue weighted by atomic mass is 16.3. The average Bonchev–Trinajstić information content (AvgIpc) is 2.65. The van der Waals surface area contributed by atoms with Crippen molar-refractivity contribution in [2.45, 2.75) is 73.1 Å². The Bertz CT molecular complexity index is 769. The molecule has 0 saturated carbocycles. The lowest BCUT2D eigenvalue weighted by Crippen LogP contribution is -2.40. The Morgan fingerprint density at radius 2 is 1.96 bits per heavy atom. The quantitative estimate of drug-likeness (QED) is 0.256. The molecule has 28 heavy (non-hydrogen) atoms. The molecule has 0 saturated heterocycles. The van der Waals surface area contributed by atoms with Gasteiger partial charge in [0.25, 0.3) is 0 Å². The van der Waals surface area contributed by atoms with Crippen LogP contribution in [0.2, 0.25) is 0 Å². The van der Waals surface area contributed by atoms with Crippen LogP contribution >= 0.6 is 0 Å². The molecule has 2 atom stereocenters. The van der Waals surface area contributed by atoms with Crippen LogP contribution in [0.4, 0.5) is 0 Å². The topological polar surface area (TPSA) is 66.4 Å². The molecule has 2 aliphatic carbocycles. The third-order valence-corrected chi connectivity index (χ3v) is 6.31. The van der Waals surface area contributed by atoms with E-state index in [1.807, 2.05) is 26.8 Å². The van der Waals surface area contributed by atoms with Crippen LogP contribution in [-0.2, 0) is 9.59 Å². The van der Waals surface area contributed by atoms with Crippen LogP contribution in [0.3, 0.4) is 0 Å². The van der Waals surface area contributed by atoms with E-state index < -0.39 is 11.6 Å². The van der Waals surface area contributed by atoms with E-state index >= 15 is 0 Å². The number of hydrogen-bond acceptors (Lipinski definition) is 4. The van der Waals surface area contributed by atoms with E-state index in [9.17, 15) is 14.7 Å². The Labute approximate surface area is 169 Å². The minimum atomic E-state index is -0.564. The fourth-order valence-electron chi connectivity index (χ4n) is 4.16. The molecule has 0 aromatic rings. The second kappa shape index (κ2) is 8.93. The van der Waals surface area contributed by atoms with Gasteiger partial charge in [0, 0.05) is 18.0 Å². The van der Waals surface area contributed by atoms with Gasteiger partial charge in [-0.2, -0.15) is 0 Å². The maximum atomic E-state index is 13.1. The van der Waals surface area contributed by atoms with E-state index in [0.717, 1.165) is 37.7 Å². The third-order valence-electron chi connectivity index (χ3n) is 6.31. The van der Waals surface area contributed by atoms with E-state index in [2.05, 4.69) is 25.7 Å². The molecule has 4 heteroatoms. The van der Waals surface area contributed by atoms with Crippen molar-refractivity contribution in [3.63, 3.8) is 0 Å². The summed E-state index contributed by atoms with van der Waals surface area (Å²) in [4.78, 5) is 26.1. The smallest absolute Gasteiger partial charge is 0.233 e. The first-order chi connectivity index (χ1) is 13.2. The van der Waals surface area contributed by atoms with Crippen LogP contribution in [0.1, 0.15) is 73.1 Å². The summed E-state index contributed by atoms with van der Waals surface area (Å²) in [5.41, 5.74) is 2.87. The zero-order chi connectivity index (χ0) is 21.1. The summed E-state index contributed by atoms with van der Waals surface area (Å²) in [7, 11) is 0. The van der Waals surface area contributed by atoms with Gasteiger partial charge in [-0.3, -0.25) is 9.59 Å². The number of carbonyl (C=O) groups is 2. The molecule has 2 N–H and O–H groups in total. The lowest BCUT2D eigenvalue weighted by Gasteiger charge is -2.42. The number of carbonyl (C=O) groups excluding carboxylic acids is 2. The van der Waals surface area contributed by atoms with Gasteiger partial charge >= 0.3 is 0 Å². The van der Waals surface area contributed by atoms with E-state index in [4.69, 9.17) is 0 Å². The molecule has 0 aliphatic heterocycles. The molecule has 0 fully saturated rings. The van der Waals surface area contributed by atoms with E-state index in [1.165, 1.54) is 5.57 Å². The fraction of sp³-hybridized carbons (Fsp3) is 0.583. The molecule has 0 spiro atoms. The molecule has 2 aliphatic rings. The molecular formula is C24H35NO3. The third kappa shape index (κ3) is 4.01. The maximum Gasteiger partial charge on any atom is 0.233 e. The zero-order valence-electron chi connectivity index (χ0n) is 18.1. The highest BCUT2D eigenvalue weighted by Crippen LogP contribution is 2.49. The highest BCUT2D eigenvalue weighted by Gasteiger charge is 2.46. The maximum absolute atomic E-state index is 13.1. The largest absolute Gasteiger partial charge is 0.505 e. The van der Waals surface area contributed by atoms with Crippen LogP contribution in [0.25, 0.3) is 0 Å². The zero-order valence-corrected chi connectivity index (χ0v) is 18.1. The predicted octanol–water partition coefficient (Wildman–Crippen LogP) is 5.33. The molecule has 0 radical (unpaired) electrons. The van der Waals surface area contributed by atoms with Gasteiger partial charge in [-0.1, -0.05) is 57.4 Å². The first kappa shape index (κ1) is 22.2. The van der Waals surface area contributed by atoms with Gasteiger partial charge in [-0.25, -0.2) is 0 Å². The van der Waals surface area contributed by atoms with Gasteiger partial charge in [0.1, 0.15) is 5.76 Å². The Kier molecular flexibility index (Phi) is 7.08. The lowest BCUT2D eigenvalue weighted by atomic mass is 9.61. The van der Waals surface area contributed by atoms with Crippen molar-refractivity contribution in [2.75, 3.05) is 6.54 Å². The highest BCUT2D eigenvalue weighted by molar-refractivity contribution is 6.50. The monoisotopic (exact) mass is 385 g/mol. The molecule has 0 amide bonds. The molecular weight excluding hydrogens is 350 g/mol. The molecule has 154 valence electrons. The summed E-state index contributed by atoms with van der Waals surface area (Å²) in [6.45, 7) is 15.0. The normalized spacial score (nSPS) is 25.9. The van der Waals surface area contributed by atoms with Gasteiger partial charge in [0.15, 0.2) is 0 Å². The Morgan fingerprint density at radius 3 is 2.54 bits per heavy atom. The van der Waals surface area contributed by atoms with Crippen molar-refractivity contribution < 1.29 is 14.7 Å². The number of rotatable bonds is 8. The summed E-state index contributed by atoms with van der Waals surface area (Å²) in [6.07, 6.45) is 6.97. The van der Waals surface area contributed by atoms with Crippen molar-refractivity contribution in [3.8, 4) is 0 Å². The van der Waals surface area contributed by atoms with Crippen LogP contribution < -0.4 is 5.32 Å². The summed E-state index contributed by atoms with van der Waals surface area (Å²) >= 11 is 0. The number of unbranched alkanes of at least 4 members (excludes halogenated alkanes) is 1. The molecule has 1 unspecified atom stereocenters. The van der Waals surface area contributed by atoms with Crippen LogP contribution in [0.5, 0.6) is 0 Å². The van der Waals surface area contributed by atoms with Crippen molar-refractivity contribution in [3.05, 3.63) is 46.4 Å². The molecule has 0 bridgehead atoms. The van der Waals surface area contributed by atoms with Gasteiger partial charge in [-0.15, -0.1) is 0 Å². The van der Waals surface area contributed by atoms with Crippen LogP contribution in [0.15, 0.2) is 46.4 Å². The van der Waals surface area contributed by atoms with Gasteiger partial charge in [0.05, 0.1) is 11.3 Å². The SMILES string of the molecule is C=C(C)C1(C)CCC(C)=C[C@H]1C1=C(O)C(NCCCC)=C(CCC)C(=O)C1=O. The lowest BCUT2D eigenvalue weighted by molar-refractivity contribution is -0.133. The number of allylic oxidation sites excluding steroid dienone is 5. The number of aliphatic hydroxyl groups is 1. The number of hydrogen-bond donors (Lipinski definition) is 2. The number of ketones is 2. The fourth-order valence-corrected chi connectivity index (χ4v) is 4.16. The molecule has 0 aromatic heterocycles. The van der Waals surface area contributed by atoms with E-state index in [0.29, 0.717) is 24.2 Å². The molecule has 0 heterocycles. The number of Topliss-reactive ketones (excluding diaryl/α,β-unsaturated/α-hetero) is 2. The van der Waals surface area contributed by atoms with Crippen molar-refractivity contribution in [2.24, 2.45) is 11.3 Å². The van der Waals surface area contributed by atoms with Gasteiger partial charge in [-0.05, 0) is 44.9 Å². The summed E-state index contributed by atoms with van der Waals surface area (Å²) in [6, 6.07) is 0. The molecule has 2 rings (SSSR count). The summed E-state index contributed by atoms with van der Waals surface area (Å²) in [5, 5.41) is 14.4. The van der Waals surface area contributed by atoms with Crippen molar-refractivity contribution in [1.29, 1.82) is 0 Å². The molecule has 4 nitrogen and oxygen atoms in total. The minimum Gasteiger partial charge on any atom is -0.505 e. The summed E-state index contributed by atoms with van der Waals surface area (Å²) in [5.74, 6) is -1.44. The van der Waals surface area contributed by atoms with Crippen LogP contribution in [-0.4, -0.2) is 23.2 Å².